The molecule has 0 radical (unpaired) electrons. The highest BCUT2D eigenvalue weighted by molar-refractivity contribution is 5.66. The van der Waals surface area contributed by atoms with Crippen LogP contribution in [0.3, 0.4) is 0 Å². The Bertz CT molecular complexity index is 317. The zero-order valence-electron chi connectivity index (χ0n) is 12.9. The maximum atomic E-state index is 10.7. The lowest BCUT2D eigenvalue weighted by Gasteiger charge is -2.23. The Balaban J connectivity index is 2.14. The molecule has 0 saturated carbocycles. The summed E-state index contributed by atoms with van der Waals surface area (Å²) in [6.45, 7) is 2.25. The average molecular weight is 278 g/mol. The highest BCUT2D eigenvalue weighted by Crippen LogP contribution is 2.29. The third-order valence-corrected chi connectivity index (χ3v) is 4.21. The van der Waals surface area contributed by atoms with Gasteiger partial charge in [0.05, 0.1) is 0 Å². The van der Waals surface area contributed by atoms with Gasteiger partial charge in [-0.2, -0.15) is 0 Å². The van der Waals surface area contributed by atoms with E-state index in [1.807, 2.05) is 0 Å². The minimum Gasteiger partial charge on any atom is -0.481 e. The second-order valence-electron chi connectivity index (χ2n) is 5.94. The smallest absolute Gasteiger partial charge is 0.303 e. The average Bonchev–Trinajstić information content (AvgIpc) is 2.45. The fourth-order valence-electron chi connectivity index (χ4n) is 2.95. The van der Waals surface area contributed by atoms with E-state index in [2.05, 4.69) is 31.2 Å². The first-order valence-corrected chi connectivity index (χ1v) is 8.30. The summed E-state index contributed by atoms with van der Waals surface area (Å²) < 4.78 is 0. The molecule has 114 valence electrons. The van der Waals surface area contributed by atoms with Gasteiger partial charge in [0.25, 0.3) is 0 Å². The van der Waals surface area contributed by atoms with Crippen molar-refractivity contribution in [2.45, 2.75) is 71.1 Å². The Morgan fingerprint density at radius 1 is 0.900 bits per heavy atom. The highest BCUT2D eigenvalue weighted by Gasteiger charge is 2.18. The summed E-state index contributed by atoms with van der Waals surface area (Å²) >= 11 is 0. The lowest BCUT2D eigenvalue weighted by Crippen LogP contribution is -2.14. The normalized spacial score (nSPS) is 21.2. The van der Waals surface area contributed by atoms with Gasteiger partial charge in [-0.25, -0.2) is 0 Å². The quantitative estimate of drug-likeness (QED) is 0.517. The van der Waals surface area contributed by atoms with Crippen molar-refractivity contribution in [3.05, 3.63) is 24.3 Å². The third-order valence-electron chi connectivity index (χ3n) is 4.21. The van der Waals surface area contributed by atoms with E-state index in [1.54, 1.807) is 0 Å². The molecule has 0 spiro atoms. The SMILES string of the molecule is CCCCCCCCCC1C=CC=CC1CCC(=O)O. The van der Waals surface area contributed by atoms with Crippen LogP contribution in [0.25, 0.3) is 0 Å². The van der Waals surface area contributed by atoms with E-state index in [1.165, 1.54) is 51.4 Å². The van der Waals surface area contributed by atoms with Crippen LogP contribution in [0.4, 0.5) is 0 Å². The zero-order valence-corrected chi connectivity index (χ0v) is 12.9. The van der Waals surface area contributed by atoms with Crippen LogP contribution in [0.2, 0.25) is 0 Å². The number of carboxylic acids is 1. The largest absolute Gasteiger partial charge is 0.481 e. The van der Waals surface area contributed by atoms with Crippen LogP contribution in [0.5, 0.6) is 0 Å². The van der Waals surface area contributed by atoms with Gasteiger partial charge in [-0.15, -0.1) is 0 Å². The Morgan fingerprint density at radius 2 is 1.45 bits per heavy atom. The summed E-state index contributed by atoms with van der Waals surface area (Å²) in [5.41, 5.74) is 0. The highest BCUT2D eigenvalue weighted by atomic mass is 16.4. The van der Waals surface area contributed by atoms with Gasteiger partial charge in [-0.3, -0.25) is 4.79 Å². The maximum absolute atomic E-state index is 10.7. The van der Waals surface area contributed by atoms with Crippen LogP contribution in [-0.2, 0) is 4.79 Å². The van der Waals surface area contributed by atoms with E-state index in [9.17, 15) is 4.79 Å². The number of aliphatic carboxylic acids is 1. The van der Waals surface area contributed by atoms with Gasteiger partial charge in [-0.05, 0) is 24.7 Å². The molecule has 0 bridgehead atoms. The Morgan fingerprint density at radius 3 is 2.05 bits per heavy atom. The number of unbranched alkanes of at least 4 members (excludes halogenated alkanes) is 6. The number of rotatable bonds is 11. The van der Waals surface area contributed by atoms with Crippen LogP contribution in [0, 0.1) is 11.8 Å². The van der Waals surface area contributed by atoms with Gasteiger partial charge >= 0.3 is 5.97 Å². The molecule has 0 aromatic heterocycles. The molecule has 20 heavy (non-hydrogen) atoms. The van der Waals surface area contributed by atoms with E-state index in [0.717, 1.165) is 6.42 Å². The first-order valence-electron chi connectivity index (χ1n) is 8.30. The summed E-state index contributed by atoms with van der Waals surface area (Å²) in [5.74, 6) is 0.300. The molecule has 0 aromatic carbocycles. The minimum absolute atomic E-state index is 0.288. The van der Waals surface area contributed by atoms with Gasteiger partial charge in [0.15, 0.2) is 0 Å². The van der Waals surface area contributed by atoms with Crippen molar-refractivity contribution >= 4 is 5.97 Å². The second-order valence-corrected chi connectivity index (χ2v) is 5.94. The predicted octanol–water partition coefficient (Wildman–Crippen LogP) is 5.35. The predicted molar refractivity (Wildman–Crippen MR) is 84.7 cm³/mol. The third kappa shape index (κ3) is 7.52. The monoisotopic (exact) mass is 278 g/mol. The van der Waals surface area contributed by atoms with E-state index >= 15 is 0 Å². The van der Waals surface area contributed by atoms with Gasteiger partial charge in [-0.1, -0.05) is 76.2 Å². The Hall–Kier alpha value is -1.05. The molecule has 2 atom stereocenters. The number of hydrogen-bond donors (Lipinski definition) is 1. The lowest BCUT2D eigenvalue weighted by molar-refractivity contribution is -0.137. The lowest BCUT2D eigenvalue weighted by atomic mass is 9.82. The standard InChI is InChI=1S/C18H30O2/c1-2-3-4-5-6-7-8-11-16-12-9-10-13-17(16)14-15-18(19)20/h9-10,12-13,16-17H,2-8,11,14-15H2,1H3,(H,19,20). The van der Waals surface area contributed by atoms with Crippen molar-refractivity contribution in [2.75, 3.05) is 0 Å². The molecule has 2 nitrogen and oxygen atoms in total. The van der Waals surface area contributed by atoms with Crippen molar-refractivity contribution in [1.29, 1.82) is 0 Å². The molecular formula is C18H30O2. The summed E-state index contributed by atoms with van der Waals surface area (Å²) in [6, 6.07) is 0. The van der Waals surface area contributed by atoms with Gasteiger partial charge in [0.2, 0.25) is 0 Å². The zero-order chi connectivity index (χ0) is 14.6. The minimum atomic E-state index is -0.678. The van der Waals surface area contributed by atoms with Crippen LogP contribution in [0.15, 0.2) is 24.3 Å². The molecule has 2 heteroatoms. The van der Waals surface area contributed by atoms with E-state index in [0.29, 0.717) is 11.8 Å². The fourth-order valence-corrected chi connectivity index (χ4v) is 2.95. The Labute approximate surface area is 124 Å². The number of allylic oxidation sites excluding steroid dienone is 4. The molecular weight excluding hydrogens is 248 g/mol. The van der Waals surface area contributed by atoms with Gasteiger partial charge in [0, 0.05) is 6.42 Å². The van der Waals surface area contributed by atoms with Crippen molar-refractivity contribution < 1.29 is 9.90 Å². The molecule has 0 saturated heterocycles. The van der Waals surface area contributed by atoms with Crippen molar-refractivity contribution in [3.8, 4) is 0 Å². The molecule has 1 N–H and O–H groups in total. The van der Waals surface area contributed by atoms with Crippen molar-refractivity contribution in [3.63, 3.8) is 0 Å². The van der Waals surface area contributed by atoms with E-state index < -0.39 is 5.97 Å². The molecule has 1 aliphatic rings. The summed E-state index contributed by atoms with van der Waals surface area (Å²) in [4.78, 5) is 10.7. The summed E-state index contributed by atoms with van der Waals surface area (Å²) in [7, 11) is 0. The van der Waals surface area contributed by atoms with Crippen molar-refractivity contribution in [2.24, 2.45) is 11.8 Å². The Kier molecular flexibility index (Phi) is 9.10. The second kappa shape index (κ2) is 10.7. The maximum Gasteiger partial charge on any atom is 0.303 e. The summed E-state index contributed by atoms with van der Waals surface area (Å²) in [6.07, 6.45) is 20.3. The number of carboxylic acid groups (broad SMARTS) is 1. The number of hydrogen-bond acceptors (Lipinski definition) is 1. The molecule has 0 fully saturated rings. The first-order chi connectivity index (χ1) is 9.74. The van der Waals surface area contributed by atoms with E-state index in [4.69, 9.17) is 5.11 Å². The van der Waals surface area contributed by atoms with Crippen LogP contribution in [-0.4, -0.2) is 11.1 Å². The van der Waals surface area contributed by atoms with Crippen LogP contribution >= 0.6 is 0 Å². The fraction of sp³-hybridized carbons (Fsp3) is 0.722. The van der Waals surface area contributed by atoms with Crippen LogP contribution < -0.4 is 0 Å². The van der Waals surface area contributed by atoms with Gasteiger partial charge < -0.3 is 5.11 Å². The molecule has 0 aliphatic heterocycles. The molecule has 0 amide bonds. The molecule has 1 rings (SSSR count). The molecule has 1 aliphatic carbocycles. The topological polar surface area (TPSA) is 37.3 Å². The van der Waals surface area contributed by atoms with Crippen LogP contribution in [0.1, 0.15) is 71.1 Å². The molecule has 0 heterocycles. The first kappa shape index (κ1) is 17.0. The van der Waals surface area contributed by atoms with E-state index in [-0.39, 0.29) is 6.42 Å². The molecule has 0 aromatic rings. The van der Waals surface area contributed by atoms with Gasteiger partial charge in [0.1, 0.15) is 0 Å². The number of carbonyl (C=O) groups is 1. The molecule has 2 unspecified atom stereocenters. The van der Waals surface area contributed by atoms with Crippen molar-refractivity contribution in [1.82, 2.24) is 0 Å². The summed E-state index contributed by atoms with van der Waals surface area (Å²) in [5, 5.41) is 8.81.